The van der Waals surface area contributed by atoms with E-state index in [0.29, 0.717) is 6.42 Å². The summed E-state index contributed by atoms with van der Waals surface area (Å²) in [6.07, 6.45) is -0.463. The van der Waals surface area contributed by atoms with Gasteiger partial charge in [-0.15, -0.1) is 11.3 Å². The fourth-order valence-corrected chi connectivity index (χ4v) is 2.79. The number of urea groups is 1. The normalized spacial score (nSPS) is 11.7. The SMILES string of the molecule is CNC(=O)NC(=O)[C@@H](C)OC(=O)CCc1nc2ccccc2s1. The van der Waals surface area contributed by atoms with Crippen molar-refractivity contribution in [2.24, 2.45) is 0 Å². The van der Waals surface area contributed by atoms with Gasteiger partial charge in [-0.2, -0.15) is 0 Å². The van der Waals surface area contributed by atoms with Crippen molar-refractivity contribution < 1.29 is 19.1 Å². The van der Waals surface area contributed by atoms with Gasteiger partial charge in [0.1, 0.15) is 0 Å². The molecule has 1 aromatic carbocycles. The fourth-order valence-electron chi connectivity index (χ4n) is 1.82. The van der Waals surface area contributed by atoms with Crippen LogP contribution in [-0.4, -0.2) is 36.0 Å². The van der Waals surface area contributed by atoms with E-state index in [0.717, 1.165) is 15.2 Å². The van der Waals surface area contributed by atoms with Gasteiger partial charge in [0, 0.05) is 13.5 Å². The third-order valence-corrected chi connectivity index (χ3v) is 4.12. The van der Waals surface area contributed by atoms with Gasteiger partial charge in [0.15, 0.2) is 6.10 Å². The average Bonchev–Trinajstić information content (AvgIpc) is 2.95. The number of carbonyl (C=O) groups is 3. The Labute approximate surface area is 137 Å². The van der Waals surface area contributed by atoms with Crippen molar-refractivity contribution in [1.82, 2.24) is 15.6 Å². The van der Waals surface area contributed by atoms with Crippen molar-refractivity contribution in [3.63, 3.8) is 0 Å². The molecule has 0 radical (unpaired) electrons. The van der Waals surface area contributed by atoms with E-state index >= 15 is 0 Å². The van der Waals surface area contributed by atoms with Crippen LogP contribution in [0.3, 0.4) is 0 Å². The molecule has 0 aliphatic heterocycles. The number of hydrogen-bond acceptors (Lipinski definition) is 6. The number of thiazole rings is 1. The summed E-state index contributed by atoms with van der Waals surface area (Å²) >= 11 is 1.52. The highest BCUT2D eigenvalue weighted by molar-refractivity contribution is 7.18. The summed E-state index contributed by atoms with van der Waals surface area (Å²) in [5.41, 5.74) is 0.902. The lowest BCUT2D eigenvalue weighted by Gasteiger charge is -2.12. The predicted molar refractivity (Wildman–Crippen MR) is 86.1 cm³/mol. The molecule has 0 bridgehead atoms. The molecule has 0 saturated carbocycles. The minimum Gasteiger partial charge on any atom is -0.453 e. The number of carbonyl (C=O) groups excluding carboxylic acids is 3. The van der Waals surface area contributed by atoms with Gasteiger partial charge in [0.05, 0.1) is 21.6 Å². The van der Waals surface area contributed by atoms with Crippen molar-refractivity contribution in [2.75, 3.05) is 7.05 Å². The maximum atomic E-state index is 11.8. The number of esters is 1. The second-order valence-corrected chi connectivity index (χ2v) is 5.89. The second kappa shape index (κ2) is 7.68. The molecule has 8 heteroatoms. The van der Waals surface area contributed by atoms with Gasteiger partial charge in [-0.1, -0.05) is 12.1 Å². The number of ether oxygens (including phenoxy) is 1. The van der Waals surface area contributed by atoms with Gasteiger partial charge in [-0.3, -0.25) is 14.9 Å². The Hall–Kier alpha value is -2.48. The van der Waals surface area contributed by atoms with Gasteiger partial charge in [-0.05, 0) is 19.1 Å². The van der Waals surface area contributed by atoms with E-state index in [9.17, 15) is 14.4 Å². The number of hydrogen-bond donors (Lipinski definition) is 2. The number of imide groups is 1. The second-order valence-electron chi connectivity index (χ2n) is 4.78. The lowest BCUT2D eigenvalue weighted by Crippen LogP contribution is -2.43. The fraction of sp³-hybridized carbons (Fsp3) is 0.333. The van der Waals surface area contributed by atoms with Gasteiger partial charge >= 0.3 is 12.0 Å². The Morgan fingerprint density at radius 2 is 2.04 bits per heavy atom. The van der Waals surface area contributed by atoms with E-state index in [1.807, 2.05) is 29.6 Å². The maximum Gasteiger partial charge on any atom is 0.321 e. The van der Waals surface area contributed by atoms with Crippen molar-refractivity contribution in [3.05, 3.63) is 29.3 Å². The molecule has 3 amide bonds. The average molecular weight is 335 g/mol. The third-order valence-electron chi connectivity index (χ3n) is 3.02. The van der Waals surface area contributed by atoms with Crippen LogP contribution in [0.2, 0.25) is 0 Å². The van der Waals surface area contributed by atoms with Crippen molar-refractivity contribution >= 4 is 39.5 Å². The highest BCUT2D eigenvalue weighted by Gasteiger charge is 2.19. The summed E-state index contributed by atoms with van der Waals surface area (Å²) in [6.45, 7) is 1.41. The molecule has 2 N–H and O–H groups in total. The molecular weight excluding hydrogens is 318 g/mol. The first-order valence-corrected chi connectivity index (χ1v) is 7.87. The Balaban J connectivity index is 1.82. The van der Waals surface area contributed by atoms with Gasteiger partial charge in [0.2, 0.25) is 0 Å². The van der Waals surface area contributed by atoms with E-state index in [1.165, 1.54) is 25.3 Å². The summed E-state index contributed by atoms with van der Waals surface area (Å²) < 4.78 is 6.06. The number of aromatic nitrogens is 1. The summed E-state index contributed by atoms with van der Waals surface area (Å²) in [4.78, 5) is 38.8. The first kappa shape index (κ1) is 16.9. The molecule has 122 valence electrons. The number of nitrogens with one attached hydrogen (secondary N) is 2. The van der Waals surface area contributed by atoms with Crippen molar-refractivity contribution in [2.45, 2.75) is 25.9 Å². The van der Waals surface area contributed by atoms with Gasteiger partial charge in [-0.25, -0.2) is 9.78 Å². The number of benzene rings is 1. The molecular formula is C15H17N3O4S. The number of fused-ring (bicyclic) bond motifs is 1. The molecule has 2 aromatic rings. The summed E-state index contributed by atoms with van der Waals surface area (Å²) in [5.74, 6) is -1.18. The predicted octanol–water partition coefficient (Wildman–Crippen LogP) is 1.62. The Morgan fingerprint density at radius 3 is 2.74 bits per heavy atom. The highest BCUT2D eigenvalue weighted by atomic mass is 32.1. The van der Waals surface area contributed by atoms with Crippen molar-refractivity contribution in [1.29, 1.82) is 0 Å². The standard InChI is InChI=1S/C15H17N3O4S/c1-9(14(20)18-15(21)16-2)22-13(19)8-7-12-17-10-5-3-4-6-11(10)23-12/h3-6,9H,7-8H2,1-2H3,(H2,16,18,20,21)/t9-/m1/s1. The lowest BCUT2D eigenvalue weighted by molar-refractivity contribution is -0.154. The number of aryl methyl sites for hydroxylation is 1. The molecule has 0 saturated heterocycles. The molecule has 1 heterocycles. The maximum absolute atomic E-state index is 11.8. The largest absolute Gasteiger partial charge is 0.453 e. The van der Waals surface area contributed by atoms with Crippen LogP contribution in [-0.2, 0) is 20.7 Å². The minimum absolute atomic E-state index is 0.122. The third kappa shape index (κ3) is 4.75. The molecule has 23 heavy (non-hydrogen) atoms. The molecule has 7 nitrogen and oxygen atoms in total. The van der Waals surface area contributed by atoms with Gasteiger partial charge < -0.3 is 10.1 Å². The van der Waals surface area contributed by atoms with Crippen LogP contribution in [0.5, 0.6) is 0 Å². The lowest BCUT2D eigenvalue weighted by atomic mass is 10.3. The van der Waals surface area contributed by atoms with Crippen LogP contribution < -0.4 is 10.6 Å². The first-order valence-electron chi connectivity index (χ1n) is 7.06. The van der Waals surface area contributed by atoms with E-state index in [4.69, 9.17) is 4.74 Å². The molecule has 1 aromatic heterocycles. The Bertz CT molecular complexity index is 695. The number of para-hydroxylation sites is 1. The van der Waals surface area contributed by atoms with E-state index < -0.39 is 24.0 Å². The zero-order chi connectivity index (χ0) is 16.8. The summed E-state index contributed by atoms with van der Waals surface area (Å²) in [5, 5.41) is 5.13. The van der Waals surface area contributed by atoms with E-state index in [1.54, 1.807) is 0 Å². The molecule has 0 unspecified atom stereocenters. The van der Waals surface area contributed by atoms with Crippen LogP contribution in [0, 0.1) is 0 Å². The topological polar surface area (TPSA) is 97.4 Å². The summed E-state index contributed by atoms with van der Waals surface area (Å²) in [7, 11) is 1.39. The zero-order valence-electron chi connectivity index (χ0n) is 12.8. The Morgan fingerprint density at radius 1 is 1.30 bits per heavy atom. The monoisotopic (exact) mass is 335 g/mol. The van der Waals surface area contributed by atoms with Crippen LogP contribution >= 0.6 is 11.3 Å². The number of rotatable bonds is 5. The van der Waals surface area contributed by atoms with Crippen LogP contribution in [0.25, 0.3) is 10.2 Å². The van der Waals surface area contributed by atoms with E-state index in [2.05, 4.69) is 10.3 Å². The minimum atomic E-state index is -1.03. The molecule has 0 aliphatic rings. The van der Waals surface area contributed by atoms with Crippen LogP contribution in [0.15, 0.2) is 24.3 Å². The molecule has 0 aliphatic carbocycles. The zero-order valence-corrected chi connectivity index (χ0v) is 13.6. The molecule has 0 spiro atoms. The van der Waals surface area contributed by atoms with Crippen LogP contribution in [0.1, 0.15) is 18.4 Å². The summed E-state index contributed by atoms with van der Waals surface area (Å²) in [6, 6.07) is 7.09. The smallest absolute Gasteiger partial charge is 0.321 e. The van der Waals surface area contributed by atoms with Gasteiger partial charge in [0.25, 0.3) is 5.91 Å². The molecule has 0 fully saturated rings. The Kier molecular flexibility index (Phi) is 5.64. The first-order chi connectivity index (χ1) is 11.0. The number of amides is 3. The quantitative estimate of drug-likeness (QED) is 0.809. The molecule has 1 atom stereocenters. The molecule has 2 rings (SSSR count). The van der Waals surface area contributed by atoms with Crippen LogP contribution in [0.4, 0.5) is 4.79 Å². The van der Waals surface area contributed by atoms with Crippen molar-refractivity contribution in [3.8, 4) is 0 Å². The van der Waals surface area contributed by atoms with E-state index in [-0.39, 0.29) is 6.42 Å². The highest BCUT2D eigenvalue weighted by Crippen LogP contribution is 2.22. The number of nitrogens with zero attached hydrogens (tertiary/aromatic N) is 1.